The van der Waals surface area contributed by atoms with Crippen molar-refractivity contribution in [3.05, 3.63) is 23.2 Å². The monoisotopic (exact) mass is 267 g/mol. The predicted molar refractivity (Wildman–Crippen MR) is 70.4 cm³/mol. The lowest BCUT2D eigenvalue weighted by Gasteiger charge is -2.35. The molecule has 0 radical (unpaired) electrons. The average Bonchev–Trinajstić information content (AvgIpc) is 2.37. The van der Waals surface area contributed by atoms with Gasteiger partial charge in [-0.2, -0.15) is 0 Å². The fraction of sp³-hybridized carbons (Fsp3) is 0.615. The molecule has 1 amide bonds. The van der Waals surface area contributed by atoms with Crippen LogP contribution in [0.4, 0.5) is 0 Å². The second-order valence-electron chi connectivity index (χ2n) is 4.73. The number of halogens is 1. The zero-order chi connectivity index (χ0) is 13.0. The van der Waals surface area contributed by atoms with E-state index in [0.717, 1.165) is 37.9 Å². The fourth-order valence-corrected chi connectivity index (χ4v) is 2.71. The summed E-state index contributed by atoms with van der Waals surface area (Å²) < 4.78 is 0. The lowest BCUT2D eigenvalue weighted by atomic mass is 9.97. The maximum atomic E-state index is 11.6. The second-order valence-corrected chi connectivity index (χ2v) is 5.12. The molecule has 1 atom stereocenters. The van der Waals surface area contributed by atoms with Gasteiger partial charge in [-0.15, -0.1) is 0 Å². The van der Waals surface area contributed by atoms with E-state index in [4.69, 9.17) is 11.6 Å². The van der Waals surface area contributed by atoms with E-state index < -0.39 is 0 Å². The van der Waals surface area contributed by atoms with E-state index in [-0.39, 0.29) is 5.91 Å². The Bertz CT molecular complexity index is 424. The van der Waals surface area contributed by atoms with Crippen LogP contribution in [0.25, 0.3) is 0 Å². The molecule has 18 heavy (non-hydrogen) atoms. The molecule has 1 aliphatic heterocycles. The Hall–Kier alpha value is -1.16. The number of rotatable bonds is 3. The molecule has 98 valence electrons. The highest BCUT2D eigenvalue weighted by molar-refractivity contribution is 6.29. The Morgan fingerprint density at radius 1 is 1.50 bits per heavy atom. The van der Waals surface area contributed by atoms with Gasteiger partial charge >= 0.3 is 0 Å². The van der Waals surface area contributed by atoms with Gasteiger partial charge in [-0.05, 0) is 38.2 Å². The first-order valence-electron chi connectivity index (χ1n) is 6.40. The first kappa shape index (κ1) is 13.3. The van der Waals surface area contributed by atoms with Crippen LogP contribution < -0.4 is 0 Å². The number of aryl methyl sites for hydroxylation is 1. The molecule has 1 unspecified atom stereocenters. The Morgan fingerprint density at radius 2 is 2.33 bits per heavy atom. The standard InChI is InChI=1S/C13H18ClN3O/c1-10(18)17-7-3-2-4-12(17)6-5-11-8-13(14)16-9-15-11/h8-9,12H,2-7H2,1H3. The van der Waals surface area contributed by atoms with E-state index in [1.54, 1.807) is 13.0 Å². The number of nitrogens with zero attached hydrogens (tertiary/aromatic N) is 3. The molecule has 5 heteroatoms. The fourth-order valence-electron chi connectivity index (χ4n) is 2.54. The van der Waals surface area contributed by atoms with Crippen molar-refractivity contribution >= 4 is 17.5 Å². The van der Waals surface area contributed by atoms with E-state index >= 15 is 0 Å². The van der Waals surface area contributed by atoms with E-state index in [1.165, 1.54) is 12.7 Å². The maximum absolute atomic E-state index is 11.6. The number of hydrogen-bond acceptors (Lipinski definition) is 3. The molecule has 0 spiro atoms. The number of carbonyl (C=O) groups is 1. The van der Waals surface area contributed by atoms with E-state index in [9.17, 15) is 4.79 Å². The predicted octanol–water partition coefficient (Wildman–Crippen LogP) is 2.46. The minimum Gasteiger partial charge on any atom is -0.340 e. The molecule has 1 saturated heterocycles. The first-order valence-corrected chi connectivity index (χ1v) is 6.78. The zero-order valence-corrected chi connectivity index (χ0v) is 11.4. The van der Waals surface area contributed by atoms with Gasteiger partial charge in [-0.1, -0.05) is 11.6 Å². The molecular weight excluding hydrogens is 250 g/mol. The van der Waals surface area contributed by atoms with Crippen molar-refractivity contribution in [3.63, 3.8) is 0 Å². The summed E-state index contributed by atoms with van der Waals surface area (Å²) in [6.45, 7) is 2.55. The van der Waals surface area contributed by atoms with Crippen LogP contribution in [0.5, 0.6) is 0 Å². The molecule has 1 fully saturated rings. The van der Waals surface area contributed by atoms with Gasteiger partial charge in [0.15, 0.2) is 0 Å². The van der Waals surface area contributed by atoms with Crippen molar-refractivity contribution in [1.29, 1.82) is 0 Å². The topological polar surface area (TPSA) is 46.1 Å². The van der Waals surface area contributed by atoms with Crippen LogP contribution in [-0.4, -0.2) is 33.4 Å². The van der Waals surface area contributed by atoms with Crippen LogP contribution in [0.3, 0.4) is 0 Å². The van der Waals surface area contributed by atoms with Crippen molar-refractivity contribution in [1.82, 2.24) is 14.9 Å². The Balaban J connectivity index is 1.93. The SMILES string of the molecule is CC(=O)N1CCCCC1CCc1cc(Cl)ncn1. The van der Waals surface area contributed by atoms with Gasteiger partial charge in [0.05, 0.1) is 0 Å². The van der Waals surface area contributed by atoms with Crippen molar-refractivity contribution < 1.29 is 4.79 Å². The van der Waals surface area contributed by atoms with Gasteiger partial charge in [-0.3, -0.25) is 4.79 Å². The minimum absolute atomic E-state index is 0.181. The van der Waals surface area contributed by atoms with Crippen LogP contribution in [-0.2, 0) is 11.2 Å². The molecule has 0 saturated carbocycles. The van der Waals surface area contributed by atoms with Crippen LogP contribution in [0.15, 0.2) is 12.4 Å². The van der Waals surface area contributed by atoms with Gasteiger partial charge in [0.1, 0.15) is 11.5 Å². The summed E-state index contributed by atoms with van der Waals surface area (Å²) in [6, 6.07) is 2.15. The van der Waals surface area contributed by atoms with Gasteiger partial charge in [0.2, 0.25) is 5.91 Å². The highest BCUT2D eigenvalue weighted by Gasteiger charge is 2.23. The van der Waals surface area contributed by atoms with Crippen molar-refractivity contribution in [2.24, 2.45) is 0 Å². The lowest BCUT2D eigenvalue weighted by Crippen LogP contribution is -2.42. The summed E-state index contributed by atoms with van der Waals surface area (Å²) in [6.07, 6.45) is 6.71. The zero-order valence-electron chi connectivity index (χ0n) is 10.6. The Labute approximate surface area is 112 Å². The number of amides is 1. The average molecular weight is 268 g/mol. The number of aromatic nitrogens is 2. The number of hydrogen-bond donors (Lipinski definition) is 0. The number of carbonyl (C=O) groups excluding carboxylic acids is 1. The summed E-state index contributed by atoms with van der Waals surface area (Å²) in [7, 11) is 0. The van der Waals surface area contributed by atoms with Gasteiger partial charge in [-0.25, -0.2) is 9.97 Å². The Kier molecular flexibility index (Phi) is 4.53. The molecule has 0 N–H and O–H groups in total. The lowest BCUT2D eigenvalue weighted by molar-refractivity contribution is -0.132. The third kappa shape index (κ3) is 3.42. The third-order valence-corrected chi connectivity index (χ3v) is 3.66. The van der Waals surface area contributed by atoms with E-state index in [1.807, 2.05) is 4.90 Å². The molecule has 4 nitrogen and oxygen atoms in total. The highest BCUT2D eigenvalue weighted by atomic mass is 35.5. The quantitative estimate of drug-likeness (QED) is 0.791. The smallest absolute Gasteiger partial charge is 0.219 e. The maximum Gasteiger partial charge on any atom is 0.219 e. The molecule has 2 rings (SSSR count). The summed E-state index contributed by atoms with van der Waals surface area (Å²) in [4.78, 5) is 21.6. The van der Waals surface area contributed by atoms with Crippen LogP contribution in [0, 0.1) is 0 Å². The largest absolute Gasteiger partial charge is 0.340 e. The van der Waals surface area contributed by atoms with Crippen LogP contribution in [0.1, 0.15) is 38.3 Å². The highest BCUT2D eigenvalue weighted by Crippen LogP contribution is 2.21. The van der Waals surface area contributed by atoms with E-state index in [0.29, 0.717) is 11.2 Å². The van der Waals surface area contributed by atoms with Crippen molar-refractivity contribution in [2.45, 2.75) is 45.1 Å². The molecular formula is C13H18ClN3O. The number of piperidine rings is 1. The molecule has 1 aliphatic rings. The molecule has 0 aromatic carbocycles. The van der Waals surface area contributed by atoms with Gasteiger partial charge in [0, 0.05) is 25.2 Å². The summed E-state index contributed by atoms with van der Waals surface area (Å²) >= 11 is 5.83. The molecule has 2 heterocycles. The van der Waals surface area contributed by atoms with Gasteiger partial charge < -0.3 is 4.90 Å². The molecule has 0 aliphatic carbocycles. The molecule has 1 aromatic heterocycles. The second kappa shape index (κ2) is 6.14. The first-order chi connectivity index (χ1) is 8.66. The summed E-state index contributed by atoms with van der Waals surface area (Å²) in [5, 5.41) is 0.479. The molecule has 1 aromatic rings. The summed E-state index contributed by atoms with van der Waals surface area (Å²) in [5.41, 5.74) is 0.948. The van der Waals surface area contributed by atoms with Gasteiger partial charge in [0.25, 0.3) is 0 Å². The minimum atomic E-state index is 0.181. The molecule has 0 bridgehead atoms. The van der Waals surface area contributed by atoms with Crippen molar-refractivity contribution in [2.75, 3.05) is 6.54 Å². The van der Waals surface area contributed by atoms with Crippen molar-refractivity contribution in [3.8, 4) is 0 Å². The Morgan fingerprint density at radius 3 is 3.06 bits per heavy atom. The summed E-state index contributed by atoms with van der Waals surface area (Å²) in [5.74, 6) is 0.181. The normalized spacial score (nSPS) is 19.9. The third-order valence-electron chi connectivity index (χ3n) is 3.46. The van der Waals surface area contributed by atoms with Crippen LogP contribution >= 0.6 is 11.6 Å². The van der Waals surface area contributed by atoms with E-state index in [2.05, 4.69) is 9.97 Å². The van der Waals surface area contributed by atoms with Crippen LogP contribution in [0.2, 0.25) is 5.15 Å². The number of likely N-dealkylation sites (tertiary alicyclic amines) is 1.